The normalized spacial score (nSPS) is 12.4. The first kappa shape index (κ1) is 8.61. The first-order valence-electron chi connectivity index (χ1n) is 3.40. The molecule has 1 heterocycles. The Morgan fingerprint density at radius 3 is 2.67 bits per heavy atom. The molecule has 0 aromatic carbocycles. The van der Waals surface area contributed by atoms with Crippen molar-refractivity contribution in [2.24, 2.45) is 0 Å². The van der Waals surface area contributed by atoms with E-state index in [9.17, 15) is 15.2 Å². The molecule has 1 rings (SSSR count). The molecule has 0 radical (unpaired) electrons. The van der Waals surface area contributed by atoms with Crippen molar-refractivity contribution >= 4 is 0 Å². The fourth-order valence-electron chi connectivity index (χ4n) is 0.832. The molecule has 1 unspecified atom stereocenters. The van der Waals surface area contributed by atoms with Crippen LogP contribution in [-0.4, -0.2) is 21.6 Å². The summed E-state index contributed by atoms with van der Waals surface area (Å²) in [6.07, 6.45) is 1.93. The Balaban J connectivity index is 2.65. The minimum absolute atomic E-state index is 0.468. The van der Waals surface area contributed by atoms with Gasteiger partial charge in [-0.05, 0) is 17.7 Å². The van der Waals surface area contributed by atoms with Gasteiger partial charge in [-0.1, -0.05) is 0 Å². The van der Waals surface area contributed by atoms with E-state index < -0.39 is 17.6 Å². The highest BCUT2D eigenvalue weighted by Crippen LogP contribution is 2.10. The lowest BCUT2D eigenvalue weighted by Crippen LogP contribution is -2.11. The second-order valence-electron chi connectivity index (χ2n) is 2.31. The minimum Gasteiger partial charge on any atom is -0.382 e. The van der Waals surface area contributed by atoms with Crippen LogP contribution in [0.1, 0.15) is 11.7 Å². The van der Waals surface area contributed by atoms with Crippen molar-refractivity contribution in [3.05, 3.63) is 40.2 Å². The molecule has 0 spiro atoms. The van der Waals surface area contributed by atoms with Crippen molar-refractivity contribution in [2.45, 2.75) is 6.10 Å². The van der Waals surface area contributed by atoms with Crippen molar-refractivity contribution in [3.8, 4) is 0 Å². The fourth-order valence-corrected chi connectivity index (χ4v) is 0.832. The molecule has 1 N–H and O–H groups in total. The Morgan fingerprint density at radius 1 is 1.58 bits per heavy atom. The van der Waals surface area contributed by atoms with E-state index in [4.69, 9.17) is 0 Å². The van der Waals surface area contributed by atoms with Crippen LogP contribution in [-0.2, 0) is 0 Å². The Labute approximate surface area is 68.8 Å². The van der Waals surface area contributed by atoms with Gasteiger partial charge in [-0.25, -0.2) is 0 Å². The summed E-state index contributed by atoms with van der Waals surface area (Å²) in [6.45, 7) is -0.468. The van der Waals surface area contributed by atoms with E-state index in [0.29, 0.717) is 5.56 Å². The lowest BCUT2D eigenvalue weighted by Gasteiger charge is -2.04. The van der Waals surface area contributed by atoms with Gasteiger partial charge < -0.3 is 5.11 Å². The lowest BCUT2D eigenvalue weighted by molar-refractivity contribution is -0.491. The van der Waals surface area contributed by atoms with Gasteiger partial charge in [0.25, 0.3) is 0 Å². The van der Waals surface area contributed by atoms with Crippen LogP contribution in [0.3, 0.4) is 0 Å². The van der Waals surface area contributed by atoms with Gasteiger partial charge in [-0.15, -0.1) is 0 Å². The Morgan fingerprint density at radius 2 is 2.17 bits per heavy atom. The third kappa shape index (κ3) is 2.28. The number of rotatable bonds is 3. The summed E-state index contributed by atoms with van der Waals surface area (Å²) in [6, 6.07) is 3.10. The SMILES string of the molecule is O=[N+]([O-])CC(O)c1ccncc1. The van der Waals surface area contributed by atoms with Gasteiger partial charge >= 0.3 is 0 Å². The van der Waals surface area contributed by atoms with Gasteiger partial charge in [-0.3, -0.25) is 15.1 Å². The molecule has 1 aromatic rings. The van der Waals surface area contributed by atoms with Gasteiger partial charge in [0, 0.05) is 17.3 Å². The summed E-state index contributed by atoms with van der Waals surface area (Å²) in [4.78, 5) is 13.2. The van der Waals surface area contributed by atoms with Crippen molar-refractivity contribution in [1.29, 1.82) is 0 Å². The van der Waals surface area contributed by atoms with Gasteiger partial charge in [0.05, 0.1) is 0 Å². The van der Waals surface area contributed by atoms with Crippen LogP contribution in [0, 0.1) is 10.1 Å². The van der Waals surface area contributed by atoms with E-state index in [2.05, 4.69) is 4.98 Å². The zero-order valence-corrected chi connectivity index (χ0v) is 6.25. The van der Waals surface area contributed by atoms with Crippen LogP contribution in [0.4, 0.5) is 0 Å². The minimum atomic E-state index is -1.04. The van der Waals surface area contributed by atoms with Crippen molar-refractivity contribution in [2.75, 3.05) is 6.54 Å². The fraction of sp³-hybridized carbons (Fsp3) is 0.286. The molecule has 0 saturated heterocycles. The van der Waals surface area contributed by atoms with Crippen LogP contribution < -0.4 is 0 Å². The number of nitro groups is 1. The lowest BCUT2D eigenvalue weighted by atomic mass is 10.1. The molecule has 64 valence electrons. The molecular formula is C7H8N2O3. The molecule has 1 atom stereocenters. The van der Waals surface area contributed by atoms with E-state index >= 15 is 0 Å². The molecule has 0 fully saturated rings. The van der Waals surface area contributed by atoms with Crippen molar-refractivity contribution < 1.29 is 10.0 Å². The molecule has 0 bridgehead atoms. The molecule has 0 aliphatic carbocycles. The molecular weight excluding hydrogens is 160 g/mol. The van der Waals surface area contributed by atoms with Gasteiger partial charge in [0.15, 0.2) is 0 Å². The van der Waals surface area contributed by atoms with E-state index in [1.54, 1.807) is 12.1 Å². The molecule has 0 aliphatic heterocycles. The zero-order chi connectivity index (χ0) is 8.97. The zero-order valence-electron chi connectivity index (χ0n) is 6.25. The Kier molecular flexibility index (Phi) is 2.71. The van der Waals surface area contributed by atoms with E-state index in [1.165, 1.54) is 12.4 Å². The molecule has 0 aliphatic rings. The van der Waals surface area contributed by atoms with Crippen molar-refractivity contribution in [1.82, 2.24) is 4.98 Å². The number of hydrogen-bond acceptors (Lipinski definition) is 4. The van der Waals surface area contributed by atoms with Crippen LogP contribution in [0.2, 0.25) is 0 Å². The maximum atomic E-state index is 10.0. The monoisotopic (exact) mass is 168 g/mol. The van der Waals surface area contributed by atoms with E-state index in [0.717, 1.165) is 0 Å². The quantitative estimate of drug-likeness (QED) is 0.523. The molecule has 0 saturated carbocycles. The van der Waals surface area contributed by atoms with Crippen LogP contribution in [0.5, 0.6) is 0 Å². The molecule has 0 amide bonds. The highest BCUT2D eigenvalue weighted by atomic mass is 16.6. The van der Waals surface area contributed by atoms with Gasteiger partial charge in [0.2, 0.25) is 6.54 Å². The Bertz CT molecular complexity index is 263. The third-order valence-corrected chi connectivity index (χ3v) is 1.41. The number of aliphatic hydroxyl groups excluding tert-OH is 1. The topological polar surface area (TPSA) is 76.3 Å². The second-order valence-corrected chi connectivity index (χ2v) is 2.31. The summed E-state index contributed by atoms with van der Waals surface area (Å²) in [5.74, 6) is 0. The third-order valence-electron chi connectivity index (χ3n) is 1.41. The molecule has 12 heavy (non-hydrogen) atoms. The summed E-state index contributed by atoms with van der Waals surface area (Å²) in [7, 11) is 0. The van der Waals surface area contributed by atoms with Crippen LogP contribution >= 0.6 is 0 Å². The van der Waals surface area contributed by atoms with Crippen LogP contribution in [0.15, 0.2) is 24.5 Å². The summed E-state index contributed by atoms with van der Waals surface area (Å²) in [5, 5.41) is 19.2. The summed E-state index contributed by atoms with van der Waals surface area (Å²) < 4.78 is 0. The highest BCUT2D eigenvalue weighted by molar-refractivity contribution is 5.12. The number of aromatic nitrogens is 1. The van der Waals surface area contributed by atoms with Crippen molar-refractivity contribution in [3.63, 3.8) is 0 Å². The maximum Gasteiger partial charge on any atom is 0.233 e. The molecule has 5 heteroatoms. The predicted octanol–water partition coefficient (Wildman–Crippen LogP) is 0.392. The average molecular weight is 168 g/mol. The molecule has 5 nitrogen and oxygen atoms in total. The number of pyridine rings is 1. The van der Waals surface area contributed by atoms with Gasteiger partial charge in [0.1, 0.15) is 6.10 Å². The molecule has 1 aromatic heterocycles. The summed E-state index contributed by atoms with van der Waals surface area (Å²) in [5.41, 5.74) is 0.515. The first-order chi connectivity index (χ1) is 5.70. The first-order valence-corrected chi connectivity index (χ1v) is 3.40. The second kappa shape index (κ2) is 3.77. The largest absolute Gasteiger partial charge is 0.382 e. The van der Waals surface area contributed by atoms with E-state index in [-0.39, 0.29) is 0 Å². The average Bonchev–Trinajstić information content (AvgIpc) is 2.05. The maximum absolute atomic E-state index is 10.0. The summed E-state index contributed by atoms with van der Waals surface area (Å²) >= 11 is 0. The Hall–Kier alpha value is -1.49. The number of hydrogen-bond donors (Lipinski definition) is 1. The predicted molar refractivity (Wildman–Crippen MR) is 41.1 cm³/mol. The number of aliphatic hydroxyl groups is 1. The smallest absolute Gasteiger partial charge is 0.233 e. The van der Waals surface area contributed by atoms with Crippen LogP contribution in [0.25, 0.3) is 0 Å². The highest BCUT2D eigenvalue weighted by Gasteiger charge is 2.12. The van der Waals surface area contributed by atoms with Gasteiger partial charge in [-0.2, -0.15) is 0 Å². The number of nitrogens with zero attached hydrogens (tertiary/aromatic N) is 2. The standard InChI is InChI=1S/C7H8N2O3/c10-7(5-9(11)12)6-1-3-8-4-2-6/h1-4,7,10H,5H2. The van der Waals surface area contributed by atoms with E-state index in [1.807, 2.05) is 0 Å².